The zero-order valence-corrected chi connectivity index (χ0v) is 22.8. The zero-order chi connectivity index (χ0) is 26.7. The van der Waals surface area contributed by atoms with Crippen LogP contribution in [0.1, 0.15) is 55.7 Å². The van der Waals surface area contributed by atoms with Crippen LogP contribution in [0, 0.1) is 32.8 Å². The molecule has 190 valence electrons. The van der Waals surface area contributed by atoms with Gasteiger partial charge in [0.25, 0.3) is 5.69 Å². The molecular weight excluding hydrogens is 504 g/mol. The van der Waals surface area contributed by atoms with Gasteiger partial charge in [-0.2, -0.15) is 5.26 Å². The summed E-state index contributed by atoms with van der Waals surface area (Å²) in [5.74, 6) is 0.348. The molecule has 0 saturated carbocycles. The fourth-order valence-corrected chi connectivity index (χ4v) is 6.67. The van der Waals surface area contributed by atoms with Gasteiger partial charge in [-0.25, -0.2) is 4.99 Å². The van der Waals surface area contributed by atoms with Crippen LogP contribution in [0.15, 0.2) is 57.2 Å². The van der Waals surface area contributed by atoms with Crippen molar-refractivity contribution in [3.05, 3.63) is 74.1 Å². The number of fused-ring (bicyclic) bond motifs is 1. The van der Waals surface area contributed by atoms with Crippen molar-refractivity contribution in [2.24, 2.45) is 16.3 Å². The average molecular weight is 533 g/mol. The van der Waals surface area contributed by atoms with Gasteiger partial charge in [-0.1, -0.05) is 50.7 Å². The Labute approximate surface area is 224 Å². The molecular formula is C28H28N4O3S2. The number of thiophene rings is 1. The predicted molar refractivity (Wildman–Crippen MR) is 149 cm³/mol. The van der Waals surface area contributed by atoms with Gasteiger partial charge in [-0.15, -0.1) is 11.3 Å². The smallest absolute Gasteiger partial charge is 0.283 e. The summed E-state index contributed by atoms with van der Waals surface area (Å²) in [6, 6.07) is 14.5. The van der Waals surface area contributed by atoms with Gasteiger partial charge in [0.05, 0.1) is 21.1 Å². The second kappa shape index (κ2) is 10.9. The minimum Gasteiger partial charge on any atom is -0.325 e. The number of aliphatic imine (C=N–C) groups is 1. The Kier molecular flexibility index (Phi) is 7.81. The van der Waals surface area contributed by atoms with E-state index in [1.165, 1.54) is 29.6 Å². The molecule has 0 fully saturated rings. The molecule has 37 heavy (non-hydrogen) atoms. The number of hydrogen-bond acceptors (Lipinski definition) is 7. The van der Waals surface area contributed by atoms with E-state index in [2.05, 4.69) is 37.1 Å². The van der Waals surface area contributed by atoms with Crippen molar-refractivity contribution >= 4 is 51.6 Å². The highest BCUT2D eigenvalue weighted by atomic mass is 32.2. The normalized spacial score (nSPS) is 15.3. The summed E-state index contributed by atoms with van der Waals surface area (Å²) in [5, 5.41) is 25.1. The van der Waals surface area contributed by atoms with Crippen molar-refractivity contribution in [3.8, 4) is 6.07 Å². The van der Waals surface area contributed by atoms with E-state index in [9.17, 15) is 20.2 Å². The first kappa shape index (κ1) is 26.6. The number of nitrogens with zero attached hydrogens (tertiary/aromatic N) is 3. The molecule has 1 heterocycles. The molecule has 1 amide bonds. The van der Waals surface area contributed by atoms with Crippen LogP contribution in [-0.2, 0) is 17.6 Å². The van der Waals surface area contributed by atoms with E-state index < -0.39 is 4.92 Å². The van der Waals surface area contributed by atoms with Crippen LogP contribution < -0.4 is 5.32 Å². The Morgan fingerprint density at radius 3 is 2.70 bits per heavy atom. The maximum atomic E-state index is 11.9. The molecule has 1 N–H and O–H groups in total. The number of nitrogens with one attached hydrogen (secondary N) is 1. The SMILES string of the molecule is CC(=O)Nc1ccccc1Sc1ccc(C=Nc2sc3c(c2C#N)CC[C@@H](C(C)(C)C)C3)cc1[N+](=O)[O-]. The number of nitriles is 1. The van der Waals surface area contributed by atoms with E-state index in [0.29, 0.717) is 37.5 Å². The zero-order valence-electron chi connectivity index (χ0n) is 21.2. The number of carbonyl (C=O) groups excluding carboxylic acids is 1. The maximum absolute atomic E-state index is 11.9. The maximum Gasteiger partial charge on any atom is 0.283 e. The van der Waals surface area contributed by atoms with Gasteiger partial charge in [0, 0.05) is 29.0 Å². The van der Waals surface area contributed by atoms with E-state index in [1.807, 2.05) is 6.07 Å². The fourth-order valence-electron chi connectivity index (χ4n) is 4.46. The molecule has 1 aliphatic rings. The first-order chi connectivity index (χ1) is 17.6. The van der Waals surface area contributed by atoms with Crippen molar-refractivity contribution in [2.45, 2.75) is 56.7 Å². The van der Waals surface area contributed by atoms with E-state index in [4.69, 9.17) is 0 Å². The number of benzene rings is 2. The molecule has 9 heteroatoms. The van der Waals surface area contributed by atoms with Crippen molar-refractivity contribution in [2.75, 3.05) is 5.32 Å². The second-order valence-electron chi connectivity index (χ2n) is 10.1. The minimum absolute atomic E-state index is 0.0504. The van der Waals surface area contributed by atoms with Gasteiger partial charge in [0.1, 0.15) is 11.1 Å². The first-order valence-electron chi connectivity index (χ1n) is 12.0. The average Bonchev–Trinajstić information content (AvgIpc) is 3.20. The molecule has 0 bridgehead atoms. The van der Waals surface area contributed by atoms with Crippen LogP contribution in [0.2, 0.25) is 0 Å². The number of nitro groups is 1. The summed E-state index contributed by atoms with van der Waals surface area (Å²) in [4.78, 5) is 30.0. The molecule has 2 aromatic carbocycles. The highest BCUT2D eigenvalue weighted by Gasteiger charge is 2.32. The Morgan fingerprint density at radius 2 is 2.03 bits per heavy atom. The van der Waals surface area contributed by atoms with Crippen LogP contribution in [0.25, 0.3) is 0 Å². The molecule has 1 aliphatic carbocycles. The number of amides is 1. The second-order valence-corrected chi connectivity index (χ2v) is 12.3. The lowest BCUT2D eigenvalue weighted by atomic mass is 9.72. The third kappa shape index (κ3) is 6.09. The van der Waals surface area contributed by atoms with Crippen LogP contribution in [-0.4, -0.2) is 17.0 Å². The minimum atomic E-state index is -0.419. The fraction of sp³-hybridized carbons (Fsp3) is 0.321. The third-order valence-electron chi connectivity index (χ3n) is 6.51. The summed E-state index contributed by atoms with van der Waals surface area (Å²) in [5.41, 5.74) is 3.06. The number of anilines is 1. The predicted octanol–water partition coefficient (Wildman–Crippen LogP) is 7.54. The van der Waals surface area contributed by atoms with Gasteiger partial charge in [-0.05, 0) is 59.9 Å². The number of nitro benzene ring substituents is 1. The van der Waals surface area contributed by atoms with Crippen molar-refractivity contribution in [1.82, 2.24) is 0 Å². The van der Waals surface area contributed by atoms with Gasteiger partial charge in [0.2, 0.25) is 5.91 Å². The van der Waals surface area contributed by atoms with Gasteiger partial charge in [0.15, 0.2) is 0 Å². The van der Waals surface area contributed by atoms with Crippen LogP contribution >= 0.6 is 23.1 Å². The molecule has 3 aromatic rings. The third-order valence-corrected chi connectivity index (χ3v) is 8.81. The van der Waals surface area contributed by atoms with Crippen molar-refractivity contribution in [3.63, 3.8) is 0 Å². The van der Waals surface area contributed by atoms with E-state index in [1.54, 1.807) is 47.9 Å². The summed E-state index contributed by atoms with van der Waals surface area (Å²) < 4.78 is 0. The molecule has 7 nitrogen and oxygen atoms in total. The highest BCUT2D eigenvalue weighted by molar-refractivity contribution is 7.99. The Bertz CT molecular complexity index is 1430. The largest absolute Gasteiger partial charge is 0.325 e. The Hall–Kier alpha value is -3.48. The number of rotatable bonds is 6. The van der Waals surface area contributed by atoms with E-state index in [0.717, 1.165) is 24.8 Å². The lowest BCUT2D eigenvalue weighted by Crippen LogP contribution is -2.26. The van der Waals surface area contributed by atoms with Gasteiger partial charge >= 0.3 is 0 Å². The van der Waals surface area contributed by atoms with Crippen molar-refractivity contribution < 1.29 is 9.72 Å². The molecule has 1 aromatic heterocycles. The lowest BCUT2D eigenvalue weighted by Gasteiger charge is -2.33. The Morgan fingerprint density at radius 1 is 1.27 bits per heavy atom. The molecule has 0 unspecified atom stereocenters. The highest BCUT2D eigenvalue weighted by Crippen LogP contribution is 2.45. The van der Waals surface area contributed by atoms with E-state index >= 15 is 0 Å². The van der Waals surface area contributed by atoms with Crippen molar-refractivity contribution in [1.29, 1.82) is 5.26 Å². The monoisotopic (exact) mass is 532 g/mol. The summed E-state index contributed by atoms with van der Waals surface area (Å²) in [6.45, 7) is 8.19. The summed E-state index contributed by atoms with van der Waals surface area (Å²) in [6.07, 6.45) is 4.47. The molecule has 1 atom stereocenters. The van der Waals surface area contributed by atoms with Crippen LogP contribution in [0.4, 0.5) is 16.4 Å². The number of para-hydroxylation sites is 1. The summed E-state index contributed by atoms with van der Waals surface area (Å²) >= 11 is 2.77. The molecule has 0 aliphatic heterocycles. The molecule has 0 radical (unpaired) electrons. The lowest BCUT2D eigenvalue weighted by molar-refractivity contribution is -0.387. The quantitative estimate of drug-likeness (QED) is 0.200. The topological polar surface area (TPSA) is 108 Å². The number of carbonyl (C=O) groups is 1. The molecule has 0 spiro atoms. The Balaban J connectivity index is 1.61. The van der Waals surface area contributed by atoms with Gasteiger partial charge < -0.3 is 5.32 Å². The van der Waals surface area contributed by atoms with Crippen LogP contribution in [0.5, 0.6) is 0 Å². The molecule has 0 saturated heterocycles. The van der Waals surface area contributed by atoms with E-state index in [-0.39, 0.29) is 17.0 Å². The standard InChI is InChI=1S/C28H28N4O3S2/c1-17(33)31-22-7-5-6-8-24(22)36-25-12-9-18(13-23(25)32(34)35)16-30-27-21(15-29)20-11-10-19(28(2,3)4)14-26(20)37-27/h5-9,12-13,16,19H,10-11,14H2,1-4H3,(H,31,33)/t19-/m1/s1. The first-order valence-corrected chi connectivity index (χ1v) is 13.6. The summed E-state index contributed by atoms with van der Waals surface area (Å²) in [7, 11) is 0. The number of hydrogen-bond donors (Lipinski definition) is 1. The van der Waals surface area contributed by atoms with Crippen LogP contribution in [0.3, 0.4) is 0 Å². The van der Waals surface area contributed by atoms with Gasteiger partial charge in [-0.3, -0.25) is 14.9 Å². The molecule has 4 rings (SSSR count).